The maximum atomic E-state index is 11.2. The zero-order valence-corrected chi connectivity index (χ0v) is 10.9. The standard InChI is InChI=1S/C15H12O3S/c16-19(17)15-8-4-7-14-12(15)9-10-13(18-14)11-5-2-1-3-6-11/h1-10,12-13H. The monoisotopic (exact) mass is 272 g/mol. The van der Waals surface area contributed by atoms with Gasteiger partial charge in [-0.25, -0.2) is 0 Å². The van der Waals surface area contributed by atoms with Gasteiger partial charge < -0.3 is 4.74 Å². The Morgan fingerprint density at radius 2 is 1.84 bits per heavy atom. The van der Waals surface area contributed by atoms with Crippen LogP contribution in [0.5, 0.6) is 0 Å². The first-order chi connectivity index (χ1) is 9.25. The van der Waals surface area contributed by atoms with E-state index in [-0.39, 0.29) is 12.0 Å². The third-order valence-corrected chi connectivity index (χ3v) is 3.97. The minimum Gasteiger partial charge on any atom is -0.485 e. The van der Waals surface area contributed by atoms with Gasteiger partial charge in [0.25, 0.3) is 0 Å². The fourth-order valence-corrected chi connectivity index (χ4v) is 2.86. The summed E-state index contributed by atoms with van der Waals surface area (Å²) in [5, 5.41) is 0. The summed E-state index contributed by atoms with van der Waals surface area (Å²) in [5.41, 5.74) is 1.05. The van der Waals surface area contributed by atoms with Gasteiger partial charge in [0.15, 0.2) is 0 Å². The Balaban J connectivity index is 1.98. The molecule has 0 amide bonds. The molecule has 0 fully saturated rings. The highest BCUT2D eigenvalue weighted by Crippen LogP contribution is 2.33. The second kappa shape index (κ2) is 4.90. The van der Waals surface area contributed by atoms with Crippen molar-refractivity contribution in [1.82, 2.24) is 0 Å². The smallest absolute Gasteiger partial charge is 0.218 e. The normalized spacial score (nSPS) is 24.4. The van der Waals surface area contributed by atoms with Gasteiger partial charge in [-0.2, -0.15) is 8.42 Å². The van der Waals surface area contributed by atoms with Gasteiger partial charge in [0, 0.05) is 0 Å². The van der Waals surface area contributed by atoms with Crippen molar-refractivity contribution in [1.29, 1.82) is 0 Å². The number of rotatable bonds is 1. The van der Waals surface area contributed by atoms with Crippen LogP contribution in [-0.4, -0.2) is 13.3 Å². The maximum Gasteiger partial charge on any atom is 0.218 e. The van der Waals surface area contributed by atoms with Crippen molar-refractivity contribution >= 4 is 15.2 Å². The maximum absolute atomic E-state index is 11.2. The Morgan fingerprint density at radius 3 is 2.58 bits per heavy atom. The summed E-state index contributed by atoms with van der Waals surface area (Å²) in [6.45, 7) is 0. The highest BCUT2D eigenvalue weighted by molar-refractivity contribution is 7.73. The zero-order valence-electron chi connectivity index (χ0n) is 10.1. The predicted molar refractivity (Wildman–Crippen MR) is 74.0 cm³/mol. The fraction of sp³-hybridized carbons (Fsp3) is 0.133. The largest absolute Gasteiger partial charge is 0.485 e. The molecule has 1 aromatic rings. The molecule has 0 saturated carbocycles. The molecule has 4 heteroatoms. The molecule has 3 rings (SSSR count). The number of allylic oxidation sites excluding steroid dienone is 4. The van der Waals surface area contributed by atoms with Crippen molar-refractivity contribution in [3.63, 3.8) is 0 Å². The first kappa shape index (κ1) is 12.0. The van der Waals surface area contributed by atoms with E-state index in [0.717, 1.165) is 5.56 Å². The summed E-state index contributed by atoms with van der Waals surface area (Å²) in [4.78, 5) is 0.347. The lowest BCUT2D eigenvalue weighted by atomic mass is 9.93. The molecule has 0 saturated heterocycles. The van der Waals surface area contributed by atoms with Gasteiger partial charge >= 0.3 is 0 Å². The van der Waals surface area contributed by atoms with E-state index in [1.165, 1.54) is 0 Å². The number of benzene rings is 1. The van der Waals surface area contributed by atoms with Crippen LogP contribution in [0.1, 0.15) is 11.7 Å². The summed E-state index contributed by atoms with van der Waals surface area (Å²) in [6, 6.07) is 9.85. The summed E-state index contributed by atoms with van der Waals surface area (Å²) in [6.07, 6.45) is 8.77. The van der Waals surface area contributed by atoms with Crippen LogP contribution in [0, 0.1) is 5.92 Å². The molecule has 2 atom stereocenters. The molecule has 0 N–H and O–H groups in total. The third-order valence-electron chi connectivity index (χ3n) is 3.20. The first-order valence-corrected chi connectivity index (χ1v) is 7.07. The lowest BCUT2D eigenvalue weighted by Gasteiger charge is -2.28. The van der Waals surface area contributed by atoms with Crippen molar-refractivity contribution in [2.24, 2.45) is 5.92 Å². The number of hydrogen-bond donors (Lipinski definition) is 0. The highest BCUT2D eigenvalue weighted by Gasteiger charge is 2.27. The van der Waals surface area contributed by atoms with Crippen molar-refractivity contribution in [3.05, 3.63) is 72.0 Å². The van der Waals surface area contributed by atoms with Gasteiger partial charge in [-0.1, -0.05) is 42.5 Å². The molecule has 0 radical (unpaired) electrons. The number of hydrogen-bond acceptors (Lipinski definition) is 3. The topological polar surface area (TPSA) is 43.4 Å². The van der Waals surface area contributed by atoms with E-state index < -0.39 is 10.3 Å². The fourth-order valence-electron chi connectivity index (χ4n) is 2.27. The second-order valence-corrected chi connectivity index (χ2v) is 5.32. The number of fused-ring (bicyclic) bond motifs is 1. The van der Waals surface area contributed by atoms with Gasteiger partial charge in [-0.3, -0.25) is 0 Å². The molecule has 96 valence electrons. The average Bonchev–Trinajstić information content (AvgIpc) is 2.47. The van der Waals surface area contributed by atoms with Gasteiger partial charge in [0.05, 0.1) is 10.8 Å². The predicted octanol–water partition coefficient (Wildman–Crippen LogP) is 2.44. The quantitative estimate of drug-likeness (QED) is 0.582. The van der Waals surface area contributed by atoms with Crippen LogP contribution in [-0.2, 0) is 15.0 Å². The average molecular weight is 272 g/mol. The summed E-state index contributed by atoms with van der Waals surface area (Å²) in [5.74, 6) is 0.390. The van der Waals surface area contributed by atoms with Crippen molar-refractivity contribution < 1.29 is 13.2 Å². The Hall–Kier alpha value is -2.07. The molecule has 0 spiro atoms. The van der Waals surface area contributed by atoms with Crippen molar-refractivity contribution in [2.45, 2.75) is 6.10 Å². The second-order valence-electron chi connectivity index (χ2n) is 4.38. The molecule has 0 bridgehead atoms. The molecule has 1 aromatic carbocycles. The molecular formula is C15H12O3S. The summed E-state index contributed by atoms with van der Waals surface area (Å²) < 4.78 is 28.2. The van der Waals surface area contributed by atoms with Crippen LogP contribution in [0.25, 0.3) is 0 Å². The Kier molecular flexibility index (Phi) is 3.09. The molecule has 2 unspecified atom stereocenters. The molecule has 3 nitrogen and oxygen atoms in total. The Morgan fingerprint density at radius 1 is 1.05 bits per heavy atom. The lowest BCUT2D eigenvalue weighted by molar-refractivity contribution is 0.135. The van der Waals surface area contributed by atoms with Crippen molar-refractivity contribution in [2.75, 3.05) is 0 Å². The summed E-state index contributed by atoms with van der Waals surface area (Å²) >= 11 is 0. The van der Waals surface area contributed by atoms with E-state index in [4.69, 9.17) is 4.74 Å². The molecule has 2 aliphatic rings. The molecule has 1 aliphatic carbocycles. The minimum absolute atomic E-state index is 0.156. The van der Waals surface area contributed by atoms with Crippen molar-refractivity contribution in [3.8, 4) is 0 Å². The highest BCUT2D eigenvalue weighted by atomic mass is 32.2. The van der Waals surface area contributed by atoms with E-state index in [1.54, 1.807) is 12.2 Å². The van der Waals surface area contributed by atoms with Crippen LogP contribution < -0.4 is 0 Å². The SMILES string of the molecule is O=S(=O)=C1C=CC=C2OC(c3ccccc3)C=CC21. The van der Waals surface area contributed by atoms with E-state index in [0.29, 0.717) is 10.6 Å². The lowest BCUT2D eigenvalue weighted by Crippen LogP contribution is -2.22. The minimum atomic E-state index is -2.22. The van der Waals surface area contributed by atoms with Crippen LogP contribution in [0.2, 0.25) is 0 Å². The van der Waals surface area contributed by atoms with E-state index in [9.17, 15) is 8.42 Å². The first-order valence-electron chi connectivity index (χ1n) is 6.00. The molecule has 1 aliphatic heterocycles. The summed E-state index contributed by atoms with van der Waals surface area (Å²) in [7, 11) is -2.22. The van der Waals surface area contributed by atoms with Gasteiger partial charge in [-0.05, 0) is 23.8 Å². The number of ether oxygens (including phenoxy) is 1. The molecular weight excluding hydrogens is 260 g/mol. The van der Waals surface area contributed by atoms with E-state index in [1.807, 2.05) is 48.6 Å². The van der Waals surface area contributed by atoms with Crippen LogP contribution in [0.4, 0.5) is 0 Å². The molecule has 0 aromatic heterocycles. The molecule has 1 heterocycles. The van der Waals surface area contributed by atoms with Crippen LogP contribution >= 0.6 is 0 Å². The van der Waals surface area contributed by atoms with Gasteiger partial charge in [0.2, 0.25) is 10.3 Å². The Labute approximate surface area is 113 Å². The molecule has 19 heavy (non-hydrogen) atoms. The van der Waals surface area contributed by atoms with Crippen LogP contribution in [0.3, 0.4) is 0 Å². The third kappa shape index (κ3) is 2.27. The van der Waals surface area contributed by atoms with E-state index in [2.05, 4.69) is 0 Å². The Bertz CT molecular complexity index is 701. The van der Waals surface area contributed by atoms with E-state index >= 15 is 0 Å². The van der Waals surface area contributed by atoms with Gasteiger partial charge in [-0.15, -0.1) is 0 Å². The van der Waals surface area contributed by atoms with Gasteiger partial charge in [0.1, 0.15) is 11.9 Å². The van der Waals surface area contributed by atoms with Crippen LogP contribution in [0.15, 0.2) is 66.5 Å². The zero-order chi connectivity index (χ0) is 13.2.